The Labute approximate surface area is 190 Å². The van der Waals surface area contributed by atoms with Gasteiger partial charge in [-0.2, -0.15) is 4.31 Å². The fraction of sp³-hybridized carbons (Fsp3) is 0.227. The minimum absolute atomic E-state index is 0.0632. The monoisotopic (exact) mass is 470 g/mol. The number of carbonyl (C=O) groups is 1. The highest BCUT2D eigenvalue weighted by Crippen LogP contribution is 2.29. The van der Waals surface area contributed by atoms with Crippen LogP contribution in [0.2, 0.25) is 0 Å². The van der Waals surface area contributed by atoms with Gasteiger partial charge in [0.1, 0.15) is 5.76 Å². The van der Waals surface area contributed by atoms with Gasteiger partial charge in [-0.25, -0.2) is 8.42 Å². The molecule has 1 aliphatic heterocycles. The molecular formula is C22H22N4O6S. The van der Waals surface area contributed by atoms with Gasteiger partial charge in [-0.1, -0.05) is 24.3 Å². The minimum atomic E-state index is -3.24. The molecule has 0 radical (unpaired) electrons. The Morgan fingerprint density at radius 1 is 1.03 bits per heavy atom. The topological polar surface area (TPSA) is 126 Å². The Kier molecular flexibility index (Phi) is 6.16. The van der Waals surface area contributed by atoms with Crippen LogP contribution in [-0.2, 0) is 10.0 Å². The van der Waals surface area contributed by atoms with Gasteiger partial charge >= 0.3 is 0 Å². The maximum atomic E-state index is 12.8. The number of carbonyl (C=O) groups excluding carboxylic acids is 1. The molecule has 1 amide bonds. The molecule has 10 nitrogen and oxygen atoms in total. The number of amides is 1. The lowest BCUT2D eigenvalue weighted by atomic mass is 10.1. The van der Waals surface area contributed by atoms with Gasteiger partial charge in [0.2, 0.25) is 10.0 Å². The largest absolute Gasteiger partial charge is 0.451 e. The van der Waals surface area contributed by atoms with E-state index in [-0.39, 0.29) is 11.4 Å². The van der Waals surface area contributed by atoms with Crippen LogP contribution in [-0.4, -0.2) is 56.0 Å². The summed E-state index contributed by atoms with van der Waals surface area (Å²) in [5.41, 5.74) is 1.78. The average molecular weight is 471 g/mol. The Morgan fingerprint density at radius 2 is 1.76 bits per heavy atom. The molecule has 0 bridgehead atoms. The molecule has 0 aliphatic carbocycles. The van der Waals surface area contributed by atoms with E-state index in [4.69, 9.17) is 4.42 Å². The Balaban J connectivity index is 1.49. The van der Waals surface area contributed by atoms with Crippen molar-refractivity contribution in [2.24, 2.45) is 0 Å². The molecule has 3 aromatic rings. The first kappa shape index (κ1) is 22.5. The molecule has 2 heterocycles. The van der Waals surface area contributed by atoms with Gasteiger partial charge in [-0.3, -0.25) is 14.9 Å². The van der Waals surface area contributed by atoms with Gasteiger partial charge < -0.3 is 14.6 Å². The second-order valence-electron chi connectivity index (χ2n) is 7.59. The molecule has 1 aromatic heterocycles. The van der Waals surface area contributed by atoms with E-state index in [1.54, 1.807) is 30.3 Å². The normalized spacial score (nSPS) is 14.8. The first-order valence-corrected chi connectivity index (χ1v) is 12.0. The number of nitrogens with one attached hydrogen (secondary N) is 1. The van der Waals surface area contributed by atoms with Crippen LogP contribution in [0.4, 0.5) is 17.1 Å². The summed E-state index contributed by atoms with van der Waals surface area (Å²) in [5.74, 6) is -0.0591. The number of rotatable bonds is 6. The summed E-state index contributed by atoms with van der Waals surface area (Å²) in [4.78, 5) is 25.4. The lowest BCUT2D eigenvalue weighted by Gasteiger charge is -2.35. The van der Waals surface area contributed by atoms with E-state index in [9.17, 15) is 23.3 Å². The van der Waals surface area contributed by atoms with Crippen molar-refractivity contribution in [3.05, 3.63) is 76.5 Å². The van der Waals surface area contributed by atoms with Crippen molar-refractivity contribution in [3.8, 4) is 11.3 Å². The number of furan rings is 1. The van der Waals surface area contributed by atoms with Crippen LogP contribution in [0, 0.1) is 10.1 Å². The summed E-state index contributed by atoms with van der Waals surface area (Å²) in [5, 5.41) is 13.9. The van der Waals surface area contributed by atoms with Crippen molar-refractivity contribution < 1.29 is 22.6 Å². The zero-order chi connectivity index (χ0) is 23.6. The molecule has 1 aliphatic rings. The number of nitro groups is 1. The van der Waals surface area contributed by atoms with Gasteiger partial charge in [-0.15, -0.1) is 0 Å². The molecular weight excluding hydrogens is 448 g/mol. The molecule has 1 fully saturated rings. The summed E-state index contributed by atoms with van der Waals surface area (Å²) in [6.45, 7) is 1.73. The average Bonchev–Trinajstić information content (AvgIpc) is 3.30. The molecule has 1 saturated heterocycles. The molecule has 4 rings (SSSR count). The lowest BCUT2D eigenvalue weighted by molar-refractivity contribution is -0.384. The van der Waals surface area contributed by atoms with E-state index < -0.39 is 20.9 Å². The summed E-state index contributed by atoms with van der Waals surface area (Å²) in [6.07, 6.45) is 1.20. The van der Waals surface area contributed by atoms with Gasteiger partial charge in [0, 0.05) is 43.9 Å². The molecule has 11 heteroatoms. The zero-order valence-corrected chi connectivity index (χ0v) is 18.6. The van der Waals surface area contributed by atoms with Crippen LogP contribution >= 0.6 is 0 Å². The second kappa shape index (κ2) is 9.04. The number of hydrogen-bond acceptors (Lipinski definition) is 7. The lowest BCUT2D eigenvalue weighted by Crippen LogP contribution is -2.48. The van der Waals surface area contributed by atoms with Crippen molar-refractivity contribution in [1.29, 1.82) is 0 Å². The van der Waals surface area contributed by atoms with E-state index in [1.165, 1.54) is 28.8 Å². The van der Waals surface area contributed by atoms with Crippen molar-refractivity contribution in [1.82, 2.24) is 4.31 Å². The molecule has 0 spiro atoms. The first-order valence-electron chi connectivity index (χ1n) is 10.2. The molecule has 33 heavy (non-hydrogen) atoms. The smallest absolute Gasteiger partial charge is 0.291 e. The van der Waals surface area contributed by atoms with Crippen molar-refractivity contribution >= 4 is 33.0 Å². The molecule has 1 N–H and O–H groups in total. The van der Waals surface area contributed by atoms with E-state index >= 15 is 0 Å². The number of benzene rings is 2. The Hall–Kier alpha value is -3.70. The van der Waals surface area contributed by atoms with Crippen molar-refractivity contribution in [3.63, 3.8) is 0 Å². The van der Waals surface area contributed by atoms with Crippen LogP contribution in [0.3, 0.4) is 0 Å². The van der Waals surface area contributed by atoms with Crippen LogP contribution in [0.15, 0.2) is 65.1 Å². The zero-order valence-electron chi connectivity index (χ0n) is 17.8. The van der Waals surface area contributed by atoms with Crippen LogP contribution in [0.5, 0.6) is 0 Å². The number of sulfonamides is 1. The van der Waals surface area contributed by atoms with Crippen molar-refractivity contribution in [2.45, 2.75) is 0 Å². The highest BCUT2D eigenvalue weighted by atomic mass is 32.2. The van der Waals surface area contributed by atoms with Crippen molar-refractivity contribution in [2.75, 3.05) is 42.7 Å². The number of nitro benzene ring substituents is 1. The van der Waals surface area contributed by atoms with E-state index in [2.05, 4.69) is 5.32 Å². The summed E-state index contributed by atoms with van der Waals surface area (Å²) in [7, 11) is -3.24. The molecule has 0 saturated carbocycles. The predicted octanol–water partition coefficient (Wildman–Crippen LogP) is 3.19. The number of anilines is 2. The predicted molar refractivity (Wildman–Crippen MR) is 124 cm³/mol. The number of para-hydroxylation sites is 2. The maximum Gasteiger partial charge on any atom is 0.291 e. The van der Waals surface area contributed by atoms with Gasteiger partial charge in [0.05, 0.1) is 22.6 Å². The third kappa shape index (κ3) is 5.04. The van der Waals surface area contributed by atoms with Gasteiger partial charge in [-0.05, 0) is 24.3 Å². The Morgan fingerprint density at radius 3 is 2.45 bits per heavy atom. The third-order valence-electron chi connectivity index (χ3n) is 5.37. The second-order valence-corrected chi connectivity index (χ2v) is 9.57. The number of nitrogens with zero attached hydrogens (tertiary/aromatic N) is 3. The standard InChI is InChI=1S/C22H22N4O6S/c1-33(30,31)25-13-11-24(12-14-25)19-8-3-2-7-18(19)23-22(27)21-10-9-20(32-21)16-5-4-6-17(15-16)26(28)29/h2-10,15H,11-14H2,1H3,(H,23,27). The molecule has 0 unspecified atom stereocenters. The highest BCUT2D eigenvalue weighted by Gasteiger charge is 2.25. The number of non-ortho nitro benzene ring substituents is 1. The van der Waals surface area contributed by atoms with Gasteiger partial charge in [0.15, 0.2) is 5.76 Å². The molecule has 172 valence electrons. The number of hydrogen-bond donors (Lipinski definition) is 1. The quantitative estimate of drug-likeness (QED) is 0.433. The third-order valence-corrected chi connectivity index (χ3v) is 6.68. The van der Waals surface area contributed by atoms with Crippen LogP contribution < -0.4 is 10.2 Å². The highest BCUT2D eigenvalue weighted by molar-refractivity contribution is 7.88. The van der Waals surface area contributed by atoms with Crippen LogP contribution in [0.1, 0.15) is 10.6 Å². The summed E-state index contributed by atoms with van der Waals surface area (Å²) >= 11 is 0. The fourth-order valence-electron chi connectivity index (χ4n) is 3.69. The maximum absolute atomic E-state index is 12.8. The summed E-state index contributed by atoms with van der Waals surface area (Å²) < 4.78 is 30.6. The first-order chi connectivity index (χ1) is 15.7. The Bertz CT molecular complexity index is 1300. The van der Waals surface area contributed by atoms with E-state index in [0.29, 0.717) is 43.2 Å². The molecule has 2 aromatic carbocycles. The fourth-order valence-corrected chi connectivity index (χ4v) is 4.51. The number of piperazine rings is 1. The molecule has 0 atom stereocenters. The van der Waals surface area contributed by atoms with Crippen LogP contribution in [0.25, 0.3) is 11.3 Å². The van der Waals surface area contributed by atoms with Gasteiger partial charge in [0.25, 0.3) is 11.6 Å². The van der Waals surface area contributed by atoms with E-state index in [1.807, 2.05) is 17.0 Å². The minimum Gasteiger partial charge on any atom is -0.451 e. The summed E-state index contributed by atoms with van der Waals surface area (Å²) in [6, 6.07) is 16.3. The van der Waals surface area contributed by atoms with E-state index in [0.717, 1.165) is 5.69 Å². The SMILES string of the molecule is CS(=O)(=O)N1CCN(c2ccccc2NC(=O)c2ccc(-c3cccc([N+](=O)[O-])c3)o2)CC1.